The Labute approximate surface area is 149 Å². The predicted octanol–water partition coefficient (Wildman–Crippen LogP) is 4.65. The third-order valence-corrected chi connectivity index (χ3v) is 4.75. The fourth-order valence-corrected chi connectivity index (χ4v) is 4.37. The molecule has 0 aliphatic carbocycles. The Morgan fingerprint density at radius 1 is 1.22 bits per heavy atom. The average Bonchev–Trinajstić information content (AvgIpc) is 2.59. The highest BCUT2D eigenvalue weighted by molar-refractivity contribution is 7.80. The van der Waals surface area contributed by atoms with Crippen LogP contribution in [-0.4, -0.2) is 23.7 Å². The summed E-state index contributed by atoms with van der Waals surface area (Å²) in [6, 6.07) is 0. The average molecular weight is 357 g/mol. The van der Waals surface area contributed by atoms with Crippen molar-refractivity contribution in [3.05, 3.63) is 16.0 Å². The molecule has 0 saturated heterocycles. The highest BCUT2D eigenvalue weighted by Crippen LogP contribution is 2.33. The van der Waals surface area contributed by atoms with Crippen LogP contribution < -0.4 is 10.6 Å². The molecule has 0 spiro atoms. The zero-order chi connectivity index (χ0) is 18.0. The van der Waals surface area contributed by atoms with Gasteiger partial charge in [-0.25, -0.2) is 4.79 Å². The molecule has 0 fully saturated rings. The van der Waals surface area contributed by atoms with Crippen molar-refractivity contribution in [3.63, 3.8) is 0 Å². The number of thiocarbonyl (C=S) groups is 1. The van der Waals surface area contributed by atoms with E-state index in [9.17, 15) is 4.79 Å². The van der Waals surface area contributed by atoms with Crippen LogP contribution in [0.3, 0.4) is 0 Å². The number of anilines is 1. The SMILES string of the molecule is COC(=O)c1c(NC(=S)NC(C)(C)CC(C)(C)C)sc(C)c1C. The molecule has 0 bridgehead atoms. The molecule has 0 amide bonds. The second-order valence-corrected chi connectivity index (χ2v) is 9.31. The van der Waals surface area contributed by atoms with Gasteiger partial charge in [0.1, 0.15) is 5.00 Å². The molecule has 2 N–H and O–H groups in total. The summed E-state index contributed by atoms with van der Waals surface area (Å²) >= 11 is 6.95. The van der Waals surface area contributed by atoms with E-state index in [2.05, 4.69) is 45.3 Å². The Kier molecular flexibility index (Phi) is 6.21. The summed E-state index contributed by atoms with van der Waals surface area (Å²) in [5.41, 5.74) is 1.54. The van der Waals surface area contributed by atoms with Gasteiger partial charge in [-0.1, -0.05) is 20.8 Å². The summed E-state index contributed by atoms with van der Waals surface area (Å²) in [5.74, 6) is -0.342. The third kappa shape index (κ3) is 5.77. The van der Waals surface area contributed by atoms with Gasteiger partial charge in [-0.3, -0.25) is 0 Å². The van der Waals surface area contributed by atoms with E-state index in [-0.39, 0.29) is 16.9 Å². The van der Waals surface area contributed by atoms with Gasteiger partial charge in [0.15, 0.2) is 5.11 Å². The molecule has 0 aliphatic rings. The third-order valence-electron chi connectivity index (χ3n) is 3.43. The highest BCUT2D eigenvalue weighted by Gasteiger charge is 2.27. The minimum Gasteiger partial charge on any atom is -0.465 e. The minimum atomic E-state index is -0.342. The van der Waals surface area contributed by atoms with Crippen molar-refractivity contribution in [2.24, 2.45) is 5.41 Å². The monoisotopic (exact) mass is 356 g/mol. The van der Waals surface area contributed by atoms with Crippen LogP contribution in [-0.2, 0) is 4.74 Å². The largest absolute Gasteiger partial charge is 0.465 e. The molecular formula is C17H28N2O2S2. The molecule has 1 aromatic rings. The topological polar surface area (TPSA) is 50.4 Å². The van der Waals surface area contributed by atoms with Crippen LogP contribution >= 0.6 is 23.6 Å². The molecule has 0 atom stereocenters. The number of ether oxygens (including phenoxy) is 1. The van der Waals surface area contributed by atoms with E-state index in [0.717, 1.165) is 21.9 Å². The fraction of sp³-hybridized carbons (Fsp3) is 0.647. The summed E-state index contributed by atoms with van der Waals surface area (Å²) in [6.07, 6.45) is 0.966. The van der Waals surface area contributed by atoms with Crippen molar-refractivity contribution in [1.82, 2.24) is 5.32 Å². The molecule has 0 aliphatic heterocycles. The van der Waals surface area contributed by atoms with E-state index >= 15 is 0 Å². The molecule has 0 unspecified atom stereocenters. The van der Waals surface area contributed by atoms with Gasteiger partial charge < -0.3 is 15.4 Å². The Bertz CT molecular complexity index is 598. The summed E-state index contributed by atoms with van der Waals surface area (Å²) in [5, 5.41) is 7.77. The van der Waals surface area contributed by atoms with Crippen LogP contribution in [0.25, 0.3) is 0 Å². The molecule has 0 aromatic carbocycles. The zero-order valence-corrected chi connectivity index (χ0v) is 17.0. The summed E-state index contributed by atoms with van der Waals surface area (Å²) in [6.45, 7) is 14.8. The van der Waals surface area contributed by atoms with Gasteiger partial charge in [0.05, 0.1) is 12.7 Å². The van der Waals surface area contributed by atoms with Gasteiger partial charge in [-0.2, -0.15) is 0 Å². The number of hydrogen-bond donors (Lipinski definition) is 2. The first kappa shape index (κ1) is 19.9. The minimum absolute atomic E-state index is 0.144. The second kappa shape index (κ2) is 7.18. The lowest BCUT2D eigenvalue weighted by atomic mass is 9.82. The first-order valence-corrected chi connectivity index (χ1v) is 8.86. The first-order valence-electron chi connectivity index (χ1n) is 7.64. The summed E-state index contributed by atoms with van der Waals surface area (Å²) in [4.78, 5) is 13.1. The number of carbonyl (C=O) groups excluding carboxylic acids is 1. The standard InChI is InChI=1S/C17H28N2O2S2/c1-10-11(2)23-13(12(10)14(20)21-8)18-15(22)19-17(6,7)9-16(3,4)5/h9H2,1-8H3,(H2,18,19,22). The van der Waals surface area contributed by atoms with Crippen LogP contribution in [0, 0.1) is 19.3 Å². The number of thiophene rings is 1. The Morgan fingerprint density at radius 2 is 1.78 bits per heavy atom. The lowest BCUT2D eigenvalue weighted by Crippen LogP contribution is -2.47. The Morgan fingerprint density at radius 3 is 2.26 bits per heavy atom. The van der Waals surface area contributed by atoms with Crippen molar-refractivity contribution in [3.8, 4) is 0 Å². The van der Waals surface area contributed by atoms with Gasteiger partial charge in [-0.05, 0) is 57.3 Å². The molecule has 4 nitrogen and oxygen atoms in total. The molecule has 0 radical (unpaired) electrons. The number of hydrogen-bond acceptors (Lipinski definition) is 4. The van der Waals surface area contributed by atoms with Crippen molar-refractivity contribution in [1.29, 1.82) is 0 Å². The predicted molar refractivity (Wildman–Crippen MR) is 103 cm³/mol. The number of rotatable bonds is 4. The number of carbonyl (C=O) groups is 1. The number of methoxy groups -OCH3 is 1. The molecule has 23 heavy (non-hydrogen) atoms. The van der Waals surface area contributed by atoms with Crippen LogP contribution in [0.5, 0.6) is 0 Å². The normalized spacial score (nSPS) is 12.0. The van der Waals surface area contributed by atoms with Crippen LogP contribution in [0.1, 0.15) is 61.8 Å². The van der Waals surface area contributed by atoms with E-state index in [4.69, 9.17) is 17.0 Å². The van der Waals surface area contributed by atoms with E-state index in [0.29, 0.717) is 10.7 Å². The Balaban J connectivity index is 2.90. The molecule has 0 saturated carbocycles. The highest BCUT2D eigenvalue weighted by atomic mass is 32.1. The first-order chi connectivity index (χ1) is 10.4. The number of esters is 1. The van der Waals surface area contributed by atoms with E-state index < -0.39 is 0 Å². The molecular weight excluding hydrogens is 328 g/mol. The van der Waals surface area contributed by atoms with E-state index in [1.165, 1.54) is 18.4 Å². The van der Waals surface area contributed by atoms with Crippen LogP contribution in [0.15, 0.2) is 0 Å². The van der Waals surface area contributed by atoms with Gasteiger partial charge in [0.25, 0.3) is 0 Å². The van der Waals surface area contributed by atoms with Crippen LogP contribution in [0.4, 0.5) is 5.00 Å². The van der Waals surface area contributed by atoms with Gasteiger partial charge in [0.2, 0.25) is 0 Å². The molecule has 1 aromatic heterocycles. The molecule has 1 heterocycles. The van der Waals surface area contributed by atoms with Crippen molar-refractivity contribution in [2.75, 3.05) is 12.4 Å². The summed E-state index contributed by atoms with van der Waals surface area (Å²) in [7, 11) is 1.39. The summed E-state index contributed by atoms with van der Waals surface area (Å²) < 4.78 is 4.88. The van der Waals surface area contributed by atoms with Crippen molar-refractivity contribution >= 4 is 39.6 Å². The van der Waals surface area contributed by atoms with Crippen molar-refractivity contribution in [2.45, 2.75) is 60.4 Å². The second-order valence-electron chi connectivity index (χ2n) is 7.68. The lowest BCUT2D eigenvalue weighted by Gasteiger charge is -2.34. The quantitative estimate of drug-likeness (QED) is 0.607. The van der Waals surface area contributed by atoms with Crippen LogP contribution in [0.2, 0.25) is 0 Å². The fourth-order valence-electron chi connectivity index (χ4n) is 2.87. The number of nitrogens with one attached hydrogen (secondary N) is 2. The maximum Gasteiger partial charge on any atom is 0.341 e. The van der Waals surface area contributed by atoms with Gasteiger partial charge in [-0.15, -0.1) is 11.3 Å². The van der Waals surface area contributed by atoms with Gasteiger partial charge in [0, 0.05) is 10.4 Å². The van der Waals surface area contributed by atoms with Crippen molar-refractivity contribution < 1.29 is 9.53 Å². The Hall–Kier alpha value is -1.14. The lowest BCUT2D eigenvalue weighted by molar-refractivity contribution is 0.0601. The number of aryl methyl sites for hydroxylation is 1. The molecule has 130 valence electrons. The maximum absolute atomic E-state index is 12.0. The molecule has 1 rings (SSSR count). The van der Waals surface area contributed by atoms with Gasteiger partial charge >= 0.3 is 5.97 Å². The zero-order valence-electron chi connectivity index (χ0n) is 15.3. The van der Waals surface area contributed by atoms with E-state index in [1.54, 1.807) is 0 Å². The maximum atomic E-state index is 12.0. The van der Waals surface area contributed by atoms with E-state index in [1.807, 2.05) is 13.8 Å². The smallest absolute Gasteiger partial charge is 0.341 e. The molecule has 6 heteroatoms.